The maximum absolute atomic E-state index is 4.43. The molecule has 2 aliphatic rings. The van der Waals surface area contributed by atoms with Crippen LogP contribution in [0.5, 0.6) is 0 Å². The van der Waals surface area contributed by atoms with Crippen molar-refractivity contribution in [2.75, 3.05) is 0 Å². The number of rotatable bonds is 0. The van der Waals surface area contributed by atoms with Crippen molar-refractivity contribution in [3.05, 3.63) is 77.4 Å². The largest absolute Gasteiger partial charge is 0.0905 e. The van der Waals surface area contributed by atoms with Gasteiger partial charge in [0.05, 0.1) is 0 Å². The Morgan fingerprint density at radius 2 is 1.14 bits per heavy atom. The second kappa shape index (κ2) is 3.73. The molecule has 98 valence electrons. The van der Waals surface area contributed by atoms with Gasteiger partial charge in [-0.05, 0) is 55.8 Å². The van der Waals surface area contributed by atoms with E-state index in [2.05, 4.69) is 67.3 Å². The van der Waals surface area contributed by atoms with Gasteiger partial charge in [-0.2, -0.15) is 0 Å². The van der Waals surface area contributed by atoms with Crippen LogP contribution in [-0.2, 0) is 0 Å². The van der Waals surface area contributed by atoms with Crippen LogP contribution in [0.4, 0.5) is 0 Å². The molecule has 0 saturated heterocycles. The third kappa shape index (κ3) is 1.30. The van der Waals surface area contributed by atoms with E-state index in [9.17, 15) is 0 Å². The van der Waals surface area contributed by atoms with Crippen molar-refractivity contribution in [2.45, 2.75) is 6.42 Å². The summed E-state index contributed by atoms with van der Waals surface area (Å²) in [6.07, 6.45) is 9.90. The van der Waals surface area contributed by atoms with Crippen molar-refractivity contribution in [1.29, 1.82) is 0 Å². The minimum absolute atomic E-state index is 0.970. The Morgan fingerprint density at radius 1 is 0.667 bits per heavy atom. The van der Waals surface area contributed by atoms with Gasteiger partial charge >= 0.3 is 0 Å². The van der Waals surface area contributed by atoms with Gasteiger partial charge in [0.1, 0.15) is 0 Å². The molecule has 0 aliphatic heterocycles. The van der Waals surface area contributed by atoms with Crippen LogP contribution in [0.3, 0.4) is 0 Å². The van der Waals surface area contributed by atoms with Crippen molar-refractivity contribution >= 4 is 39.3 Å². The highest BCUT2D eigenvalue weighted by atomic mass is 14.3. The van der Waals surface area contributed by atoms with Gasteiger partial charge in [-0.3, -0.25) is 0 Å². The standard InChI is InChI=1S/C21H14/c1-13-18-14-5-3-2-4-6-15-8-10-17-12-11-16(9-7-14)20(18)21(17)19(13)15/h3-12H,1-2H2/b5-3-,6-4-. The van der Waals surface area contributed by atoms with Crippen molar-refractivity contribution in [1.82, 2.24) is 0 Å². The van der Waals surface area contributed by atoms with Crippen molar-refractivity contribution in [3.8, 4) is 0 Å². The minimum Gasteiger partial charge on any atom is -0.0905 e. The van der Waals surface area contributed by atoms with Gasteiger partial charge in [-0.15, -0.1) is 0 Å². The number of allylic oxidation sites excluding steroid dienone is 2. The smallest absolute Gasteiger partial charge is 0.00143 e. The fourth-order valence-corrected chi connectivity index (χ4v) is 3.79. The Balaban J connectivity index is 2.15. The third-order valence-corrected chi connectivity index (χ3v) is 4.70. The Kier molecular flexibility index (Phi) is 1.97. The summed E-state index contributed by atoms with van der Waals surface area (Å²) >= 11 is 0. The van der Waals surface area contributed by atoms with Crippen LogP contribution in [0, 0.1) is 0 Å². The van der Waals surface area contributed by atoms with Gasteiger partial charge in [-0.1, -0.05) is 67.3 Å². The third-order valence-electron chi connectivity index (χ3n) is 4.70. The molecule has 0 nitrogen and oxygen atoms in total. The van der Waals surface area contributed by atoms with Gasteiger partial charge in [0.2, 0.25) is 0 Å². The van der Waals surface area contributed by atoms with Crippen LogP contribution >= 0.6 is 0 Å². The first-order valence-corrected chi connectivity index (χ1v) is 7.40. The molecule has 0 heteroatoms. The normalized spacial score (nSPS) is 18.2. The zero-order chi connectivity index (χ0) is 14.0. The fourth-order valence-electron chi connectivity index (χ4n) is 3.79. The van der Waals surface area contributed by atoms with E-state index in [4.69, 9.17) is 0 Å². The molecule has 0 spiro atoms. The lowest BCUT2D eigenvalue weighted by atomic mass is 9.95. The predicted molar refractivity (Wildman–Crippen MR) is 92.3 cm³/mol. The maximum Gasteiger partial charge on any atom is -0.00143 e. The summed E-state index contributed by atoms with van der Waals surface area (Å²) in [7, 11) is 0. The highest BCUT2D eigenvalue weighted by Crippen LogP contribution is 2.47. The lowest BCUT2D eigenvalue weighted by Gasteiger charge is -2.08. The van der Waals surface area contributed by atoms with Crippen molar-refractivity contribution in [2.24, 2.45) is 0 Å². The predicted octanol–water partition coefficient (Wildman–Crippen LogP) is 5.80. The van der Waals surface area contributed by atoms with Gasteiger partial charge in [0.15, 0.2) is 0 Å². The summed E-state index contributed by atoms with van der Waals surface area (Å²) in [5, 5.41) is 5.39. The monoisotopic (exact) mass is 266 g/mol. The van der Waals surface area contributed by atoms with Crippen LogP contribution in [0.25, 0.3) is 39.3 Å². The first-order valence-electron chi connectivity index (χ1n) is 7.40. The average Bonchev–Trinajstić information content (AvgIpc) is 2.82. The minimum atomic E-state index is 0.970. The van der Waals surface area contributed by atoms with E-state index < -0.39 is 0 Å². The SMILES string of the molecule is C=C1c2c3ccc4ccc5ccc(c1c5c24)/C=C\C/C=C\3. The van der Waals surface area contributed by atoms with E-state index in [1.807, 2.05) is 0 Å². The second-order valence-corrected chi connectivity index (χ2v) is 5.84. The summed E-state index contributed by atoms with van der Waals surface area (Å²) in [6.45, 7) is 4.43. The molecule has 3 aromatic rings. The molecule has 0 atom stereocenters. The summed E-state index contributed by atoms with van der Waals surface area (Å²) in [5.41, 5.74) is 6.41. The molecule has 0 N–H and O–H groups in total. The molecule has 0 fully saturated rings. The quantitative estimate of drug-likeness (QED) is 0.353. The van der Waals surface area contributed by atoms with Crippen LogP contribution in [0.1, 0.15) is 28.7 Å². The first-order chi connectivity index (χ1) is 10.3. The van der Waals surface area contributed by atoms with E-state index in [1.54, 1.807) is 0 Å². The van der Waals surface area contributed by atoms with Gasteiger partial charge in [0.25, 0.3) is 0 Å². The van der Waals surface area contributed by atoms with Gasteiger partial charge in [0, 0.05) is 0 Å². The summed E-state index contributed by atoms with van der Waals surface area (Å²) in [6, 6.07) is 13.4. The molecule has 0 radical (unpaired) electrons. The highest BCUT2D eigenvalue weighted by molar-refractivity contribution is 6.25. The van der Waals surface area contributed by atoms with Crippen LogP contribution in [0.15, 0.2) is 55.1 Å². The Hall–Kier alpha value is -2.60. The first kappa shape index (κ1) is 11.1. The zero-order valence-corrected chi connectivity index (χ0v) is 11.7. The average molecular weight is 266 g/mol. The molecular formula is C21H14. The molecule has 5 rings (SSSR count). The molecule has 0 heterocycles. The molecule has 2 aliphatic carbocycles. The van der Waals surface area contributed by atoms with Crippen LogP contribution < -0.4 is 0 Å². The molecule has 0 amide bonds. The molecule has 0 unspecified atom stereocenters. The molecule has 0 saturated carbocycles. The lowest BCUT2D eigenvalue weighted by molar-refractivity contribution is 1.42. The molecular weight excluding hydrogens is 252 g/mol. The van der Waals surface area contributed by atoms with Crippen molar-refractivity contribution in [3.63, 3.8) is 0 Å². The molecule has 21 heavy (non-hydrogen) atoms. The fraction of sp³-hybridized carbons (Fsp3) is 0.0476. The molecule has 0 aromatic heterocycles. The van der Waals surface area contributed by atoms with E-state index >= 15 is 0 Å². The molecule has 2 bridgehead atoms. The maximum atomic E-state index is 4.43. The van der Waals surface area contributed by atoms with E-state index in [0.29, 0.717) is 0 Å². The Bertz CT molecular complexity index is 933. The summed E-state index contributed by atoms with van der Waals surface area (Å²) < 4.78 is 0. The topological polar surface area (TPSA) is 0 Å². The summed E-state index contributed by atoms with van der Waals surface area (Å²) in [4.78, 5) is 0. The highest BCUT2D eigenvalue weighted by Gasteiger charge is 2.24. The molecule has 3 aromatic carbocycles. The Morgan fingerprint density at radius 3 is 1.67 bits per heavy atom. The number of hydrogen-bond acceptors (Lipinski definition) is 0. The van der Waals surface area contributed by atoms with Crippen molar-refractivity contribution < 1.29 is 0 Å². The zero-order valence-electron chi connectivity index (χ0n) is 11.7. The van der Waals surface area contributed by atoms with Gasteiger partial charge < -0.3 is 0 Å². The van der Waals surface area contributed by atoms with E-state index in [-0.39, 0.29) is 0 Å². The second-order valence-electron chi connectivity index (χ2n) is 5.84. The summed E-state index contributed by atoms with van der Waals surface area (Å²) in [5.74, 6) is 0. The van der Waals surface area contributed by atoms with Crippen LogP contribution in [-0.4, -0.2) is 0 Å². The number of benzene rings is 3. The van der Waals surface area contributed by atoms with E-state index in [0.717, 1.165) is 6.42 Å². The van der Waals surface area contributed by atoms with E-state index in [1.165, 1.54) is 49.4 Å². The lowest BCUT2D eigenvalue weighted by Crippen LogP contribution is -1.88. The van der Waals surface area contributed by atoms with Gasteiger partial charge in [-0.25, -0.2) is 0 Å². The number of hydrogen-bond donors (Lipinski definition) is 0. The Labute approximate surface area is 123 Å². The van der Waals surface area contributed by atoms with Crippen LogP contribution in [0.2, 0.25) is 0 Å².